The Hall–Kier alpha value is -1.78. The highest BCUT2D eigenvalue weighted by Crippen LogP contribution is 2.35. The van der Waals surface area contributed by atoms with Gasteiger partial charge in [0.2, 0.25) is 0 Å². The second kappa shape index (κ2) is 9.07. The highest BCUT2D eigenvalue weighted by atomic mass is 35.5. The van der Waals surface area contributed by atoms with Crippen LogP contribution in [0, 0.1) is 0 Å². The van der Waals surface area contributed by atoms with E-state index in [1.807, 2.05) is 45.0 Å². The van der Waals surface area contributed by atoms with Gasteiger partial charge in [-0.3, -0.25) is 0 Å². The van der Waals surface area contributed by atoms with Gasteiger partial charge in [0.15, 0.2) is 11.5 Å². The van der Waals surface area contributed by atoms with Crippen molar-refractivity contribution in [3.8, 4) is 17.2 Å². The molecule has 0 unspecified atom stereocenters. The van der Waals surface area contributed by atoms with E-state index in [1.165, 1.54) is 0 Å². The number of anilines is 1. The quantitative estimate of drug-likeness (QED) is 0.624. The molecule has 0 fully saturated rings. The second-order valence-electron chi connectivity index (χ2n) is 5.69. The van der Waals surface area contributed by atoms with Crippen molar-refractivity contribution in [2.75, 3.05) is 19.0 Å². The molecule has 0 aromatic heterocycles. The lowest BCUT2D eigenvalue weighted by Crippen LogP contribution is -2.08. The smallest absolute Gasteiger partial charge is 0.163 e. The average molecular weight is 384 g/mol. The summed E-state index contributed by atoms with van der Waals surface area (Å²) in [6.45, 7) is 6.95. The number of halogens is 2. The monoisotopic (exact) mass is 383 g/mol. The van der Waals surface area contributed by atoms with Crippen LogP contribution in [0.1, 0.15) is 26.3 Å². The molecule has 0 atom stereocenters. The largest absolute Gasteiger partial charge is 0.495 e. The fraction of sp³-hybridized carbons (Fsp3) is 0.368. The lowest BCUT2D eigenvalue weighted by Gasteiger charge is -2.17. The molecule has 0 radical (unpaired) electrons. The number of benzene rings is 2. The minimum atomic E-state index is 0.0423. The van der Waals surface area contributed by atoms with Gasteiger partial charge in [0.25, 0.3) is 0 Å². The van der Waals surface area contributed by atoms with Gasteiger partial charge in [-0.05, 0) is 50.6 Å². The normalized spacial score (nSPS) is 10.7. The Bertz CT molecular complexity index is 720. The number of hydrogen-bond acceptors (Lipinski definition) is 4. The Morgan fingerprint density at radius 3 is 2.36 bits per heavy atom. The van der Waals surface area contributed by atoms with Crippen molar-refractivity contribution in [2.24, 2.45) is 0 Å². The average Bonchev–Trinajstić information content (AvgIpc) is 2.56. The highest BCUT2D eigenvalue weighted by Gasteiger charge is 2.12. The molecule has 0 amide bonds. The highest BCUT2D eigenvalue weighted by molar-refractivity contribution is 6.32. The Kier molecular flexibility index (Phi) is 7.09. The van der Waals surface area contributed by atoms with Crippen molar-refractivity contribution in [3.63, 3.8) is 0 Å². The molecule has 0 aliphatic heterocycles. The molecule has 0 aliphatic carbocycles. The van der Waals surface area contributed by atoms with Crippen LogP contribution in [-0.4, -0.2) is 19.8 Å². The van der Waals surface area contributed by atoms with Crippen molar-refractivity contribution >= 4 is 28.9 Å². The molecule has 2 aromatic rings. The van der Waals surface area contributed by atoms with Gasteiger partial charge in [-0.25, -0.2) is 0 Å². The SMILES string of the molecule is CCOc1cc(CNc2ccc(OC)c(Cl)c2)c(Cl)cc1OC(C)C. The Morgan fingerprint density at radius 1 is 1.00 bits per heavy atom. The van der Waals surface area contributed by atoms with Crippen LogP contribution in [0.25, 0.3) is 0 Å². The number of methoxy groups -OCH3 is 1. The number of nitrogens with one attached hydrogen (secondary N) is 1. The van der Waals surface area contributed by atoms with Crippen LogP contribution < -0.4 is 19.5 Å². The zero-order chi connectivity index (χ0) is 18.4. The first-order valence-corrected chi connectivity index (χ1v) is 8.89. The van der Waals surface area contributed by atoms with E-state index < -0.39 is 0 Å². The molecule has 6 heteroatoms. The Balaban J connectivity index is 2.18. The van der Waals surface area contributed by atoms with Crippen LogP contribution in [0.3, 0.4) is 0 Å². The summed E-state index contributed by atoms with van der Waals surface area (Å²) in [7, 11) is 1.59. The predicted molar refractivity (Wildman–Crippen MR) is 104 cm³/mol. The summed E-state index contributed by atoms with van der Waals surface area (Å²) in [6, 6.07) is 9.23. The molecule has 0 saturated heterocycles. The van der Waals surface area contributed by atoms with E-state index in [1.54, 1.807) is 13.2 Å². The van der Waals surface area contributed by atoms with E-state index in [-0.39, 0.29) is 6.10 Å². The predicted octanol–water partition coefficient (Wildman–Crippen LogP) is 5.80. The zero-order valence-corrected chi connectivity index (χ0v) is 16.4. The van der Waals surface area contributed by atoms with Crippen LogP contribution in [-0.2, 0) is 6.54 Å². The van der Waals surface area contributed by atoms with Gasteiger partial charge >= 0.3 is 0 Å². The maximum absolute atomic E-state index is 6.41. The summed E-state index contributed by atoms with van der Waals surface area (Å²) < 4.78 is 16.6. The van der Waals surface area contributed by atoms with Crippen LogP contribution in [0.2, 0.25) is 10.0 Å². The zero-order valence-electron chi connectivity index (χ0n) is 14.9. The van der Waals surface area contributed by atoms with Crippen molar-refractivity contribution in [1.82, 2.24) is 0 Å². The molecule has 136 valence electrons. The van der Waals surface area contributed by atoms with Crippen molar-refractivity contribution < 1.29 is 14.2 Å². The van der Waals surface area contributed by atoms with Crippen molar-refractivity contribution in [1.29, 1.82) is 0 Å². The van der Waals surface area contributed by atoms with Crippen LogP contribution >= 0.6 is 23.2 Å². The van der Waals surface area contributed by atoms with E-state index in [9.17, 15) is 0 Å². The summed E-state index contributed by atoms with van der Waals surface area (Å²) in [4.78, 5) is 0. The number of rotatable bonds is 8. The van der Waals surface area contributed by atoms with Gasteiger partial charge in [-0.1, -0.05) is 23.2 Å². The summed E-state index contributed by atoms with van der Waals surface area (Å²) >= 11 is 12.6. The molecule has 25 heavy (non-hydrogen) atoms. The Morgan fingerprint density at radius 2 is 1.76 bits per heavy atom. The third-order valence-electron chi connectivity index (χ3n) is 3.41. The fourth-order valence-electron chi connectivity index (χ4n) is 2.30. The van der Waals surface area contributed by atoms with Gasteiger partial charge in [0.05, 0.1) is 24.8 Å². The minimum absolute atomic E-state index is 0.0423. The first-order chi connectivity index (χ1) is 11.9. The molecule has 0 spiro atoms. The summed E-state index contributed by atoms with van der Waals surface area (Å²) in [5, 5.41) is 4.47. The van der Waals surface area contributed by atoms with Crippen LogP contribution in [0.5, 0.6) is 17.2 Å². The van der Waals surface area contributed by atoms with Gasteiger partial charge < -0.3 is 19.5 Å². The summed E-state index contributed by atoms with van der Waals surface area (Å²) in [6.07, 6.45) is 0.0423. The molecule has 0 aliphatic rings. The topological polar surface area (TPSA) is 39.7 Å². The second-order valence-corrected chi connectivity index (χ2v) is 6.51. The third-order valence-corrected chi connectivity index (χ3v) is 4.06. The van der Waals surface area contributed by atoms with Gasteiger partial charge in [0, 0.05) is 23.3 Å². The van der Waals surface area contributed by atoms with Gasteiger partial charge in [-0.2, -0.15) is 0 Å². The molecule has 2 aromatic carbocycles. The molecule has 1 N–H and O–H groups in total. The molecular weight excluding hydrogens is 361 g/mol. The summed E-state index contributed by atoms with van der Waals surface area (Å²) in [5.41, 5.74) is 1.79. The minimum Gasteiger partial charge on any atom is -0.495 e. The van der Waals surface area contributed by atoms with E-state index in [0.29, 0.717) is 40.4 Å². The fourth-order valence-corrected chi connectivity index (χ4v) is 2.78. The van der Waals surface area contributed by atoms with E-state index in [2.05, 4.69) is 5.32 Å². The molecule has 0 bridgehead atoms. The standard InChI is InChI=1S/C19H23Cl2NO3/c1-5-24-18-8-13(15(20)10-19(18)25-12(2)3)11-22-14-6-7-17(23-4)16(21)9-14/h6-10,12,22H,5,11H2,1-4H3. The van der Waals surface area contributed by atoms with Crippen LogP contribution in [0.4, 0.5) is 5.69 Å². The molecular formula is C19H23Cl2NO3. The van der Waals surface area contributed by atoms with Crippen LogP contribution in [0.15, 0.2) is 30.3 Å². The Labute approximate surface area is 159 Å². The first-order valence-electron chi connectivity index (χ1n) is 8.13. The van der Waals surface area contributed by atoms with Gasteiger partial charge in [-0.15, -0.1) is 0 Å². The first kappa shape index (κ1) is 19.5. The van der Waals surface area contributed by atoms with E-state index in [4.69, 9.17) is 37.4 Å². The number of ether oxygens (including phenoxy) is 3. The maximum atomic E-state index is 6.41. The van der Waals surface area contributed by atoms with Crippen molar-refractivity contribution in [2.45, 2.75) is 33.4 Å². The van der Waals surface area contributed by atoms with Crippen molar-refractivity contribution in [3.05, 3.63) is 45.9 Å². The lowest BCUT2D eigenvalue weighted by molar-refractivity contribution is 0.224. The summed E-state index contributed by atoms with van der Waals surface area (Å²) in [5.74, 6) is 1.97. The maximum Gasteiger partial charge on any atom is 0.163 e. The lowest BCUT2D eigenvalue weighted by atomic mass is 10.2. The molecule has 2 rings (SSSR count). The molecule has 0 saturated carbocycles. The molecule has 4 nitrogen and oxygen atoms in total. The molecule has 0 heterocycles. The van der Waals surface area contributed by atoms with Gasteiger partial charge in [0.1, 0.15) is 5.75 Å². The van der Waals surface area contributed by atoms with E-state index >= 15 is 0 Å². The third kappa shape index (κ3) is 5.35. The number of hydrogen-bond donors (Lipinski definition) is 1. The van der Waals surface area contributed by atoms with E-state index in [0.717, 1.165) is 11.3 Å².